The Morgan fingerprint density at radius 1 is 1.20 bits per heavy atom. The molecule has 3 aliphatic rings. The molecule has 2 heterocycles. The second-order valence-electron chi connectivity index (χ2n) is 7.84. The molecule has 0 aromatic carbocycles. The molecule has 2 saturated heterocycles. The molecule has 0 radical (unpaired) electrons. The van der Waals surface area contributed by atoms with E-state index < -0.39 is 9.84 Å². The van der Waals surface area contributed by atoms with Crippen molar-refractivity contribution in [3.63, 3.8) is 0 Å². The van der Waals surface area contributed by atoms with Crippen LogP contribution in [0.4, 0.5) is 0 Å². The molecule has 5 heteroatoms. The number of hydrogen-bond acceptors (Lipinski definition) is 4. The number of rotatable bonds is 1. The molecule has 3 rings (SSSR count). The summed E-state index contributed by atoms with van der Waals surface area (Å²) in [5, 5.41) is -0.133. The fraction of sp³-hybridized carbons (Fsp3) is 1.00. The minimum atomic E-state index is -2.87. The maximum atomic E-state index is 12.3. The molecule has 0 amide bonds. The van der Waals surface area contributed by atoms with E-state index in [1.54, 1.807) is 0 Å². The van der Waals surface area contributed by atoms with Crippen molar-refractivity contribution < 1.29 is 13.2 Å². The van der Waals surface area contributed by atoms with E-state index in [4.69, 9.17) is 4.74 Å². The topological polar surface area (TPSA) is 46.6 Å². The van der Waals surface area contributed by atoms with Crippen LogP contribution in [0.2, 0.25) is 0 Å². The largest absolute Gasteiger partial charge is 0.379 e. The maximum absolute atomic E-state index is 12.3. The fourth-order valence-electron chi connectivity index (χ4n) is 4.42. The summed E-state index contributed by atoms with van der Waals surface area (Å²) < 4.78 is 30.1. The summed E-state index contributed by atoms with van der Waals surface area (Å²) in [4.78, 5) is 2.42. The van der Waals surface area contributed by atoms with E-state index in [2.05, 4.69) is 25.7 Å². The number of morpholine rings is 1. The van der Waals surface area contributed by atoms with Gasteiger partial charge in [-0.05, 0) is 30.6 Å². The highest BCUT2D eigenvalue weighted by Gasteiger charge is 2.63. The molecule has 20 heavy (non-hydrogen) atoms. The highest BCUT2D eigenvalue weighted by molar-refractivity contribution is 7.93. The molecular formula is C15H27NO3S. The summed E-state index contributed by atoms with van der Waals surface area (Å²) >= 11 is 0. The average Bonchev–Trinajstić information content (AvgIpc) is 2.37. The highest BCUT2D eigenvalue weighted by Crippen LogP contribution is 2.52. The van der Waals surface area contributed by atoms with E-state index in [-0.39, 0.29) is 16.2 Å². The number of nitrogens with zero attached hydrogens (tertiary/aromatic N) is 1. The van der Waals surface area contributed by atoms with E-state index in [1.807, 2.05) is 0 Å². The summed E-state index contributed by atoms with van der Waals surface area (Å²) in [5.74, 6) is 0.901. The third-order valence-electron chi connectivity index (χ3n) is 5.77. The third kappa shape index (κ3) is 2.22. The van der Waals surface area contributed by atoms with Crippen LogP contribution in [0.25, 0.3) is 0 Å². The molecule has 0 bridgehead atoms. The zero-order chi connectivity index (χ0) is 14.6. The first-order valence-electron chi connectivity index (χ1n) is 7.80. The first-order valence-corrected chi connectivity index (χ1v) is 9.52. The lowest BCUT2D eigenvalue weighted by Gasteiger charge is -2.60. The second kappa shape index (κ2) is 4.68. The van der Waals surface area contributed by atoms with E-state index in [9.17, 15) is 8.42 Å². The van der Waals surface area contributed by atoms with Gasteiger partial charge in [-0.3, -0.25) is 4.90 Å². The van der Waals surface area contributed by atoms with Crippen molar-refractivity contribution in [3.8, 4) is 0 Å². The Bertz CT molecular complexity index is 476. The van der Waals surface area contributed by atoms with Gasteiger partial charge < -0.3 is 4.74 Å². The molecule has 3 fully saturated rings. The lowest BCUT2D eigenvalue weighted by Crippen LogP contribution is -2.74. The Labute approximate surface area is 122 Å². The number of sulfone groups is 1. The van der Waals surface area contributed by atoms with Gasteiger partial charge in [-0.2, -0.15) is 0 Å². The Morgan fingerprint density at radius 3 is 2.40 bits per heavy atom. The van der Waals surface area contributed by atoms with Crippen LogP contribution in [-0.4, -0.2) is 56.2 Å². The van der Waals surface area contributed by atoms with Crippen molar-refractivity contribution in [1.82, 2.24) is 4.90 Å². The third-order valence-corrected chi connectivity index (χ3v) is 8.17. The minimum absolute atomic E-state index is 0.0651. The lowest BCUT2D eigenvalue weighted by atomic mass is 9.66. The van der Waals surface area contributed by atoms with Gasteiger partial charge in [0.15, 0.2) is 9.84 Å². The van der Waals surface area contributed by atoms with Crippen LogP contribution in [0.15, 0.2) is 0 Å². The second-order valence-corrected chi connectivity index (χ2v) is 10.0. The smallest absolute Gasteiger partial charge is 0.156 e. The summed E-state index contributed by atoms with van der Waals surface area (Å²) in [6, 6.07) is 0. The van der Waals surface area contributed by atoms with Gasteiger partial charge in [0.1, 0.15) is 0 Å². The SMILES string of the molecule is CC(C)(C)[C@H]1CC[C@]2(N3CCOCC3)CS(=O)(=O)[C@@H]2C1. The Morgan fingerprint density at radius 2 is 1.85 bits per heavy atom. The van der Waals surface area contributed by atoms with Gasteiger partial charge in [0.05, 0.1) is 29.8 Å². The summed E-state index contributed by atoms with van der Waals surface area (Å²) in [6.45, 7) is 10.0. The average molecular weight is 301 g/mol. The molecular weight excluding hydrogens is 274 g/mol. The molecule has 0 aromatic rings. The first kappa shape index (κ1) is 14.8. The standard InChI is InChI=1S/C15H27NO3S/c1-14(2,3)12-4-5-15(16-6-8-19-9-7-16)11-20(17,18)13(15)10-12/h12-13H,4-11H2,1-3H3/t12-,13+,15-/m0/s1. The Hall–Kier alpha value is -0.130. The molecule has 0 N–H and O–H groups in total. The Balaban J connectivity index is 1.83. The van der Waals surface area contributed by atoms with Gasteiger partial charge in [0, 0.05) is 13.1 Å². The predicted octanol–water partition coefficient (Wildman–Crippen LogP) is 1.70. The fourth-order valence-corrected chi connectivity index (χ4v) is 7.10. The summed E-state index contributed by atoms with van der Waals surface area (Å²) in [6.07, 6.45) is 3.05. The van der Waals surface area contributed by atoms with Crippen LogP contribution >= 0.6 is 0 Å². The first-order chi connectivity index (χ1) is 9.26. The number of fused-ring (bicyclic) bond motifs is 1. The van der Waals surface area contributed by atoms with Gasteiger partial charge in [-0.1, -0.05) is 20.8 Å². The molecule has 4 nitrogen and oxygen atoms in total. The normalized spacial score (nSPS) is 41.8. The van der Waals surface area contributed by atoms with Crippen molar-refractivity contribution in [2.24, 2.45) is 11.3 Å². The van der Waals surface area contributed by atoms with Crippen LogP contribution in [0.1, 0.15) is 40.0 Å². The predicted molar refractivity (Wildman–Crippen MR) is 79.5 cm³/mol. The quantitative estimate of drug-likeness (QED) is 0.739. The van der Waals surface area contributed by atoms with Crippen LogP contribution in [0.3, 0.4) is 0 Å². The molecule has 3 atom stereocenters. The number of ether oxygens (including phenoxy) is 1. The van der Waals surface area contributed by atoms with Gasteiger partial charge in [-0.15, -0.1) is 0 Å². The van der Waals surface area contributed by atoms with Gasteiger partial charge in [0.25, 0.3) is 0 Å². The van der Waals surface area contributed by atoms with Gasteiger partial charge in [0.2, 0.25) is 0 Å². The Kier molecular flexibility index (Phi) is 3.46. The monoisotopic (exact) mass is 301 g/mol. The number of hydrogen-bond donors (Lipinski definition) is 0. The maximum Gasteiger partial charge on any atom is 0.156 e. The van der Waals surface area contributed by atoms with Crippen molar-refractivity contribution in [2.75, 3.05) is 32.1 Å². The zero-order valence-electron chi connectivity index (χ0n) is 12.9. The van der Waals surface area contributed by atoms with Gasteiger partial charge in [-0.25, -0.2) is 8.42 Å². The molecule has 116 valence electrons. The molecule has 2 aliphatic heterocycles. The molecule has 0 unspecified atom stereocenters. The minimum Gasteiger partial charge on any atom is -0.379 e. The summed E-state index contributed by atoms with van der Waals surface area (Å²) in [5.41, 5.74) is 0.145. The van der Waals surface area contributed by atoms with Crippen LogP contribution in [0.5, 0.6) is 0 Å². The van der Waals surface area contributed by atoms with Crippen LogP contribution in [-0.2, 0) is 14.6 Å². The van der Waals surface area contributed by atoms with Crippen LogP contribution in [0, 0.1) is 11.3 Å². The van der Waals surface area contributed by atoms with Gasteiger partial charge >= 0.3 is 0 Å². The molecule has 1 aliphatic carbocycles. The van der Waals surface area contributed by atoms with Crippen molar-refractivity contribution in [3.05, 3.63) is 0 Å². The van der Waals surface area contributed by atoms with Crippen molar-refractivity contribution in [2.45, 2.75) is 50.8 Å². The van der Waals surface area contributed by atoms with Crippen molar-refractivity contribution in [1.29, 1.82) is 0 Å². The summed E-state index contributed by atoms with van der Waals surface area (Å²) in [7, 11) is -2.87. The van der Waals surface area contributed by atoms with E-state index in [1.165, 1.54) is 0 Å². The van der Waals surface area contributed by atoms with E-state index >= 15 is 0 Å². The molecule has 0 aromatic heterocycles. The van der Waals surface area contributed by atoms with E-state index in [0.29, 0.717) is 11.7 Å². The van der Waals surface area contributed by atoms with Crippen molar-refractivity contribution >= 4 is 9.84 Å². The highest BCUT2D eigenvalue weighted by atomic mass is 32.2. The lowest BCUT2D eigenvalue weighted by molar-refractivity contribution is -0.0464. The molecule has 1 saturated carbocycles. The molecule has 0 spiro atoms. The van der Waals surface area contributed by atoms with E-state index in [0.717, 1.165) is 45.6 Å². The van der Waals surface area contributed by atoms with Crippen LogP contribution < -0.4 is 0 Å². The zero-order valence-corrected chi connectivity index (χ0v) is 13.7.